The second-order valence-corrected chi connectivity index (χ2v) is 3.09. The van der Waals surface area contributed by atoms with Crippen molar-refractivity contribution in [2.24, 2.45) is 0 Å². The lowest BCUT2D eigenvalue weighted by Crippen LogP contribution is -2.04. The van der Waals surface area contributed by atoms with Crippen LogP contribution in [0.15, 0.2) is 6.33 Å². The maximum Gasteiger partial charge on any atom is 0.221 e. The summed E-state index contributed by atoms with van der Waals surface area (Å²) in [6, 6.07) is 0. The fraction of sp³-hybridized carbons (Fsp3) is 0.556. The van der Waals surface area contributed by atoms with E-state index in [1.165, 1.54) is 6.33 Å². The zero-order chi connectivity index (χ0) is 10.4. The Morgan fingerprint density at radius 3 is 2.93 bits per heavy atom. The number of hydrogen-bond acceptors (Lipinski definition) is 4. The molecule has 4 nitrogen and oxygen atoms in total. The molecule has 0 bridgehead atoms. The Balaban J connectivity index is 2.70. The zero-order valence-electron chi connectivity index (χ0n) is 8.03. The molecule has 5 heteroatoms. The number of rotatable bonds is 5. The Labute approximate surface area is 87.9 Å². The van der Waals surface area contributed by atoms with E-state index in [1.807, 2.05) is 6.92 Å². The van der Waals surface area contributed by atoms with Crippen molar-refractivity contribution in [3.8, 4) is 5.88 Å². The molecule has 0 aliphatic carbocycles. The molecule has 0 aliphatic rings. The van der Waals surface area contributed by atoms with Gasteiger partial charge in [0.25, 0.3) is 0 Å². The molecule has 0 aromatic carbocycles. The summed E-state index contributed by atoms with van der Waals surface area (Å²) in [5, 5.41) is 9.02. The predicted molar refractivity (Wildman–Crippen MR) is 53.6 cm³/mol. The van der Waals surface area contributed by atoms with Gasteiger partial charge >= 0.3 is 0 Å². The number of halogens is 1. The van der Waals surface area contributed by atoms with E-state index in [1.54, 1.807) is 0 Å². The van der Waals surface area contributed by atoms with Crippen LogP contribution < -0.4 is 4.74 Å². The van der Waals surface area contributed by atoms with Gasteiger partial charge in [0.1, 0.15) is 11.5 Å². The van der Waals surface area contributed by atoms with Gasteiger partial charge in [0, 0.05) is 13.0 Å². The topological polar surface area (TPSA) is 55.2 Å². The number of aromatic nitrogens is 2. The minimum absolute atomic E-state index is 0.111. The highest BCUT2D eigenvalue weighted by Gasteiger charge is 2.08. The predicted octanol–water partition coefficient (Wildman–Crippen LogP) is 1.45. The summed E-state index contributed by atoms with van der Waals surface area (Å²) in [5.41, 5.74) is 0.812. The van der Waals surface area contributed by atoms with E-state index in [9.17, 15) is 0 Å². The summed E-state index contributed by atoms with van der Waals surface area (Å²) in [5.74, 6) is 0.515. The third-order valence-corrected chi connectivity index (χ3v) is 2.07. The molecule has 0 saturated carbocycles. The first-order valence-corrected chi connectivity index (χ1v) is 4.90. The zero-order valence-corrected chi connectivity index (χ0v) is 8.79. The molecular formula is C9H13ClN2O2. The molecule has 1 N–H and O–H groups in total. The number of nitrogens with zero attached hydrogens (tertiary/aromatic N) is 2. The highest BCUT2D eigenvalue weighted by molar-refractivity contribution is 6.30. The van der Waals surface area contributed by atoms with E-state index < -0.39 is 0 Å². The first-order valence-electron chi connectivity index (χ1n) is 4.52. The van der Waals surface area contributed by atoms with Crippen LogP contribution in [-0.2, 0) is 6.42 Å². The summed E-state index contributed by atoms with van der Waals surface area (Å²) in [6.07, 6.45) is 2.69. The Bertz CT molecular complexity index is 294. The molecule has 1 aromatic heterocycles. The van der Waals surface area contributed by atoms with E-state index in [4.69, 9.17) is 21.4 Å². The van der Waals surface area contributed by atoms with Crippen molar-refractivity contribution in [1.29, 1.82) is 0 Å². The molecular weight excluding hydrogens is 204 g/mol. The van der Waals surface area contributed by atoms with E-state index >= 15 is 0 Å². The van der Waals surface area contributed by atoms with Gasteiger partial charge in [-0.15, -0.1) is 0 Å². The lowest BCUT2D eigenvalue weighted by molar-refractivity contribution is 0.228. The standard InChI is InChI=1S/C9H13ClN2O2/c1-2-7-8(10)11-6-12-9(7)14-5-3-4-13/h6,13H,2-5H2,1H3. The Kier molecular flexibility index (Phi) is 4.62. The van der Waals surface area contributed by atoms with E-state index in [-0.39, 0.29) is 6.61 Å². The smallest absolute Gasteiger partial charge is 0.221 e. The molecule has 0 aliphatic heterocycles. The van der Waals surface area contributed by atoms with Crippen LogP contribution >= 0.6 is 11.6 Å². The second kappa shape index (κ2) is 5.78. The Hall–Kier alpha value is -0.870. The van der Waals surface area contributed by atoms with Crippen molar-refractivity contribution in [3.63, 3.8) is 0 Å². The normalized spacial score (nSPS) is 10.2. The number of aliphatic hydroxyl groups excluding tert-OH is 1. The first kappa shape index (κ1) is 11.2. The maximum absolute atomic E-state index is 8.59. The van der Waals surface area contributed by atoms with Crippen molar-refractivity contribution in [2.45, 2.75) is 19.8 Å². The highest BCUT2D eigenvalue weighted by Crippen LogP contribution is 2.21. The fourth-order valence-corrected chi connectivity index (χ4v) is 1.29. The van der Waals surface area contributed by atoms with Gasteiger partial charge in [-0.3, -0.25) is 0 Å². The summed E-state index contributed by atoms with van der Waals surface area (Å²) >= 11 is 5.86. The maximum atomic E-state index is 8.59. The highest BCUT2D eigenvalue weighted by atomic mass is 35.5. The van der Waals surface area contributed by atoms with Gasteiger partial charge in [-0.2, -0.15) is 0 Å². The van der Waals surface area contributed by atoms with Crippen molar-refractivity contribution in [2.75, 3.05) is 13.2 Å². The van der Waals surface area contributed by atoms with Crippen LogP contribution in [0, 0.1) is 0 Å². The van der Waals surface area contributed by atoms with Crippen LogP contribution in [-0.4, -0.2) is 28.3 Å². The van der Waals surface area contributed by atoms with Gasteiger partial charge < -0.3 is 9.84 Å². The van der Waals surface area contributed by atoms with Gasteiger partial charge in [-0.1, -0.05) is 18.5 Å². The van der Waals surface area contributed by atoms with Gasteiger partial charge in [0.2, 0.25) is 5.88 Å². The van der Waals surface area contributed by atoms with Crippen LogP contribution in [0.25, 0.3) is 0 Å². The molecule has 0 atom stereocenters. The van der Waals surface area contributed by atoms with Crippen LogP contribution in [0.4, 0.5) is 0 Å². The van der Waals surface area contributed by atoms with E-state index in [0.29, 0.717) is 24.1 Å². The van der Waals surface area contributed by atoms with Crippen molar-refractivity contribution in [1.82, 2.24) is 9.97 Å². The minimum atomic E-state index is 0.111. The average molecular weight is 217 g/mol. The summed E-state index contributed by atoms with van der Waals surface area (Å²) in [7, 11) is 0. The van der Waals surface area contributed by atoms with E-state index in [2.05, 4.69) is 9.97 Å². The van der Waals surface area contributed by atoms with Crippen molar-refractivity contribution < 1.29 is 9.84 Å². The summed E-state index contributed by atoms with van der Waals surface area (Å²) < 4.78 is 5.35. The lowest BCUT2D eigenvalue weighted by Gasteiger charge is -2.08. The summed E-state index contributed by atoms with van der Waals surface area (Å²) in [4.78, 5) is 7.85. The minimum Gasteiger partial charge on any atom is -0.477 e. The van der Waals surface area contributed by atoms with Crippen LogP contribution in [0.5, 0.6) is 5.88 Å². The molecule has 0 radical (unpaired) electrons. The quantitative estimate of drug-likeness (QED) is 0.598. The third-order valence-electron chi connectivity index (χ3n) is 1.75. The fourth-order valence-electron chi connectivity index (χ4n) is 1.03. The van der Waals surface area contributed by atoms with Gasteiger partial charge in [0.05, 0.1) is 12.2 Å². The molecule has 0 amide bonds. The molecule has 1 aromatic rings. The van der Waals surface area contributed by atoms with Crippen LogP contribution in [0.3, 0.4) is 0 Å². The largest absolute Gasteiger partial charge is 0.477 e. The first-order chi connectivity index (χ1) is 6.79. The third kappa shape index (κ3) is 2.82. The van der Waals surface area contributed by atoms with Crippen molar-refractivity contribution in [3.05, 3.63) is 17.0 Å². The monoisotopic (exact) mass is 216 g/mol. The molecule has 0 saturated heterocycles. The molecule has 78 valence electrons. The molecule has 14 heavy (non-hydrogen) atoms. The molecule has 0 fully saturated rings. The van der Waals surface area contributed by atoms with Crippen LogP contribution in [0.2, 0.25) is 5.15 Å². The molecule has 1 heterocycles. The SMILES string of the molecule is CCc1c(Cl)ncnc1OCCCO. The van der Waals surface area contributed by atoms with Crippen LogP contribution in [0.1, 0.15) is 18.9 Å². The molecule has 0 spiro atoms. The Morgan fingerprint density at radius 2 is 2.29 bits per heavy atom. The number of hydrogen-bond donors (Lipinski definition) is 1. The lowest BCUT2D eigenvalue weighted by atomic mass is 10.2. The number of aliphatic hydroxyl groups is 1. The summed E-state index contributed by atoms with van der Waals surface area (Å²) in [6.45, 7) is 2.51. The molecule has 0 unspecified atom stereocenters. The average Bonchev–Trinajstić information content (AvgIpc) is 2.18. The second-order valence-electron chi connectivity index (χ2n) is 2.73. The van der Waals surface area contributed by atoms with Gasteiger partial charge in [-0.05, 0) is 6.42 Å². The van der Waals surface area contributed by atoms with Gasteiger partial charge in [0.15, 0.2) is 0 Å². The Morgan fingerprint density at radius 1 is 1.50 bits per heavy atom. The molecule has 1 rings (SSSR count). The van der Waals surface area contributed by atoms with Crippen molar-refractivity contribution >= 4 is 11.6 Å². The number of ether oxygens (including phenoxy) is 1. The van der Waals surface area contributed by atoms with Gasteiger partial charge in [-0.25, -0.2) is 9.97 Å². The van der Waals surface area contributed by atoms with E-state index in [0.717, 1.165) is 12.0 Å².